The van der Waals surface area contributed by atoms with Gasteiger partial charge in [-0.15, -0.1) is 0 Å². The van der Waals surface area contributed by atoms with Crippen LogP contribution < -0.4 is 11.1 Å². The Morgan fingerprint density at radius 1 is 1.42 bits per heavy atom. The Labute approximate surface area is 114 Å². The molecule has 1 rings (SSSR count). The van der Waals surface area contributed by atoms with Crippen molar-refractivity contribution in [3.05, 3.63) is 34.3 Å². The van der Waals surface area contributed by atoms with E-state index >= 15 is 0 Å². The number of nitrogens with two attached hydrogens (primary N) is 1. The zero-order valence-electron chi connectivity index (χ0n) is 10.1. The highest BCUT2D eigenvalue weighted by Gasteiger charge is 2.23. The third-order valence-corrected chi connectivity index (χ3v) is 2.69. The first kappa shape index (κ1) is 15.0. The van der Waals surface area contributed by atoms with E-state index in [0.29, 0.717) is 0 Å². The third kappa shape index (κ3) is 4.26. The lowest BCUT2D eigenvalue weighted by Crippen LogP contribution is -2.43. The number of amides is 2. The summed E-state index contributed by atoms with van der Waals surface area (Å²) in [7, 11) is 0. The van der Waals surface area contributed by atoms with E-state index in [1.54, 1.807) is 19.1 Å². The molecule has 0 unspecified atom stereocenters. The Bertz CT molecular complexity index is 530. The van der Waals surface area contributed by atoms with Crippen molar-refractivity contribution < 1.29 is 19.5 Å². The zero-order valence-corrected chi connectivity index (χ0v) is 10.9. The minimum atomic E-state index is -1.37. The van der Waals surface area contributed by atoms with E-state index in [1.807, 2.05) is 0 Å². The quantitative estimate of drug-likeness (QED) is 0.739. The first-order valence-electron chi connectivity index (χ1n) is 5.39. The molecule has 1 atom stereocenters. The molecule has 0 spiro atoms. The van der Waals surface area contributed by atoms with Gasteiger partial charge in [0.25, 0.3) is 5.91 Å². The van der Waals surface area contributed by atoms with E-state index in [-0.39, 0.29) is 10.6 Å². The number of hydrogen-bond donors (Lipinski definition) is 3. The Morgan fingerprint density at radius 2 is 2.05 bits per heavy atom. The summed E-state index contributed by atoms with van der Waals surface area (Å²) in [5, 5.41) is 11.3. The van der Waals surface area contributed by atoms with Crippen molar-refractivity contribution in [3.8, 4) is 0 Å². The lowest BCUT2D eigenvalue weighted by molar-refractivity contribution is -0.140. The highest BCUT2D eigenvalue weighted by atomic mass is 35.5. The molecule has 2 amide bonds. The van der Waals surface area contributed by atoms with Crippen molar-refractivity contribution in [1.29, 1.82) is 0 Å². The summed E-state index contributed by atoms with van der Waals surface area (Å²) in [4.78, 5) is 33.5. The number of aryl methyl sites for hydroxylation is 1. The molecule has 0 aliphatic rings. The average molecular weight is 285 g/mol. The molecule has 0 bridgehead atoms. The number of aliphatic carboxylic acids is 1. The van der Waals surface area contributed by atoms with Gasteiger partial charge in [0.05, 0.1) is 17.0 Å². The van der Waals surface area contributed by atoms with Crippen LogP contribution >= 0.6 is 11.6 Å². The number of rotatable bonds is 5. The smallest absolute Gasteiger partial charge is 0.326 e. The molecule has 7 heteroatoms. The van der Waals surface area contributed by atoms with Crippen LogP contribution in [0.1, 0.15) is 22.3 Å². The van der Waals surface area contributed by atoms with Crippen LogP contribution in [0.4, 0.5) is 0 Å². The number of nitrogens with one attached hydrogen (secondary N) is 1. The summed E-state index contributed by atoms with van der Waals surface area (Å²) in [6.45, 7) is 1.81. The summed E-state index contributed by atoms with van der Waals surface area (Å²) in [6, 6.07) is 3.36. The standard InChI is InChI=1S/C12H13ClN2O4/c1-6-2-3-7(8(13)4-6)11(17)15-9(12(18)19)5-10(14)16/h2-4,9H,5H2,1H3,(H2,14,16)(H,15,17)(H,18,19)/t9-/m1/s1. The zero-order chi connectivity index (χ0) is 14.6. The Morgan fingerprint density at radius 3 is 2.53 bits per heavy atom. The maximum atomic E-state index is 11.9. The monoisotopic (exact) mass is 284 g/mol. The second-order valence-corrected chi connectivity index (χ2v) is 4.43. The van der Waals surface area contributed by atoms with Gasteiger partial charge in [0, 0.05) is 0 Å². The molecule has 4 N–H and O–H groups in total. The van der Waals surface area contributed by atoms with Crippen molar-refractivity contribution in [2.24, 2.45) is 5.73 Å². The van der Waals surface area contributed by atoms with Crippen molar-refractivity contribution in [1.82, 2.24) is 5.32 Å². The van der Waals surface area contributed by atoms with E-state index in [2.05, 4.69) is 5.32 Å². The SMILES string of the molecule is Cc1ccc(C(=O)N[C@H](CC(N)=O)C(=O)O)c(Cl)c1. The molecule has 0 aromatic heterocycles. The molecule has 0 radical (unpaired) electrons. The fraction of sp³-hybridized carbons (Fsp3) is 0.250. The first-order chi connectivity index (χ1) is 8.81. The maximum Gasteiger partial charge on any atom is 0.326 e. The van der Waals surface area contributed by atoms with Crippen molar-refractivity contribution in [2.45, 2.75) is 19.4 Å². The van der Waals surface area contributed by atoms with Gasteiger partial charge in [-0.1, -0.05) is 17.7 Å². The molecule has 0 aliphatic heterocycles. The van der Waals surface area contributed by atoms with Crippen LogP contribution in [-0.2, 0) is 9.59 Å². The van der Waals surface area contributed by atoms with Gasteiger partial charge >= 0.3 is 5.97 Å². The van der Waals surface area contributed by atoms with Gasteiger partial charge in [-0.25, -0.2) is 4.79 Å². The summed E-state index contributed by atoms with van der Waals surface area (Å²) >= 11 is 5.89. The summed E-state index contributed by atoms with van der Waals surface area (Å²) in [6.07, 6.45) is -0.482. The van der Waals surface area contributed by atoms with E-state index in [9.17, 15) is 14.4 Å². The van der Waals surface area contributed by atoms with Crippen LogP contribution in [0.2, 0.25) is 5.02 Å². The first-order valence-corrected chi connectivity index (χ1v) is 5.77. The summed E-state index contributed by atoms with van der Waals surface area (Å²) < 4.78 is 0. The number of benzene rings is 1. The largest absolute Gasteiger partial charge is 0.480 e. The molecule has 1 aromatic carbocycles. The Balaban J connectivity index is 2.87. The second kappa shape index (κ2) is 6.19. The highest BCUT2D eigenvalue weighted by molar-refractivity contribution is 6.34. The molecule has 0 aliphatic carbocycles. The van der Waals surface area contributed by atoms with E-state index < -0.39 is 30.2 Å². The highest BCUT2D eigenvalue weighted by Crippen LogP contribution is 2.17. The van der Waals surface area contributed by atoms with E-state index in [4.69, 9.17) is 22.4 Å². The van der Waals surface area contributed by atoms with E-state index in [0.717, 1.165) is 5.56 Å². The van der Waals surface area contributed by atoms with Gasteiger partial charge in [0.2, 0.25) is 5.91 Å². The third-order valence-electron chi connectivity index (χ3n) is 2.38. The van der Waals surface area contributed by atoms with Gasteiger partial charge < -0.3 is 16.2 Å². The molecule has 0 saturated heterocycles. The number of carbonyl (C=O) groups excluding carboxylic acids is 2. The molecule has 0 heterocycles. The predicted molar refractivity (Wildman–Crippen MR) is 68.9 cm³/mol. The van der Waals surface area contributed by atoms with Crippen molar-refractivity contribution >= 4 is 29.4 Å². The Hall–Kier alpha value is -2.08. The van der Waals surface area contributed by atoms with Crippen LogP contribution in [0, 0.1) is 6.92 Å². The molecular weight excluding hydrogens is 272 g/mol. The molecular formula is C12H13ClN2O4. The number of primary amides is 1. The number of halogens is 1. The number of carboxylic acid groups (broad SMARTS) is 1. The predicted octanol–water partition coefficient (Wildman–Crippen LogP) is 0.707. The second-order valence-electron chi connectivity index (χ2n) is 4.02. The topological polar surface area (TPSA) is 109 Å². The summed E-state index contributed by atoms with van der Waals surface area (Å²) in [5.74, 6) is -2.82. The van der Waals surface area contributed by atoms with Gasteiger partial charge in [-0.2, -0.15) is 0 Å². The fourth-order valence-corrected chi connectivity index (χ4v) is 1.76. The minimum absolute atomic E-state index is 0.142. The van der Waals surface area contributed by atoms with Crippen molar-refractivity contribution in [2.75, 3.05) is 0 Å². The van der Waals surface area contributed by atoms with Gasteiger partial charge in [0.15, 0.2) is 0 Å². The van der Waals surface area contributed by atoms with Crippen LogP contribution in [0.25, 0.3) is 0 Å². The fourth-order valence-electron chi connectivity index (χ4n) is 1.44. The normalized spacial score (nSPS) is 11.7. The minimum Gasteiger partial charge on any atom is -0.480 e. The van der Waals surface area contributed by atoms with Gasteiger partial charge in [-0.3, -0.25) is 9.59 Å². The maximum absolute atomic E-state index is 11.9. The van der Waals surface area contributed by atoms with Gasteiger partial charge in [-0.05, 0) is 24.6 Å². The molecule has 6 nitrogen and oxygen atoms in total. The van der Waals surface area contributed by atoms with Crippen LogP contribution in [0.3, 0.4) is 0 Å². The molecule has 0 saturated carbocycles. The van der Waals surface area contributed by atoms with E-state index in [1.165, 1.54) is 6.07 Å². The van der Waals surface area contributed by atoms with Crippen LogP contribution in [0.5, 0.6) is 0 Å². The summed E-state index contributed by atoms with van der Waals surface area (Å²) in [5.41, 5.74) is 5.93. The lowest BCUT2D eigenvalue weighted by atomic mass is 10.1. The van der Waals surface area contributed by atoms with Gasteiger partial charge in [0.1, 0.15) is 6.04 Å². The molecule has 102 valence electrons. The van der Waals surface area contributed by atoms with Crippen LogP contribution in [-0.4, -0.2) is 28.9 Å². The van der Waals surface area contributed by atoms with Crippen molar-refractivity contribution in [3.63, 3.8) is 0 Å². The number of carbonyl (C=O) groups is 3. The average Bonchev–Trinajstić information content (AvgIpc) is 2.26. The number of carboxylic acids is 1. The molecule has 1 aromatic rings. The van der Waals surface area contributed by atoms with Crippen LogP contribution in [0.15, 0.2) is 18.2 Å². The molecule has 0 fully saturated rings. The Kier molecular flexibility index (Phi) is 4.88. The molecule has 19 heavy (non-hydrogen) atoms. The number of hydrogen-bond acceptors (Lipinski definition) is 3. The lowest BCUT2D eigenvalue weighted by Gasteiger charge is -2.13.